The molecule has 0 aliphatic carbocycles. The number of carbonyl (C=O) groups is 2. The highest BCUT2D eigenvalue weighted by Gasteiger charge is 2.48. The van der Waals surface area contributed by atoms with Crippen molar-refractivity contribution in [2.45, 2.75) is 23.9 Å². The van der Waals surface area contributed by atoms with Crippen LogP contribution in [0.5, 0.6) is 5.75 Å². The van der Waals surface area contributed by atoms with Gasteiger partial charge in [-0.1, -0.05) is 42.5 Å². The molecule has 0 aliphatic heterocycles. The molecule has 2 aromatic carbocycles. The molecule has 0 radical (unpaired) electrons. The van der Waals surface area contributed by atoms with E-state index in [0.29, 0.717) is 11.1 Å². The summed E-state index contributed by atoms with van der Waals surface area (Å²) in [6.07, 6.45) is -0.217. The van der Waals surface area contributed by atoms with Gasteiger partial charge in [0.2, 0.25) is 0 Å². The number of alkyl halides is 1. The van der Waals surface area contributed by atoms with Gasteiger partial charge in [0.1, 0.15) is 9.36 Å². The fourth-order valence-electron chi connectivity index (χ4n) is 2.58. The SMILES string of the molecule is CC(C)(I)OCC(Cc1ccc(-c2ccccc2O)cc1)(C(=O)O)C(=O)O. The molecule has 0 aromatic heterocycles. The lowest BCUT2D eigenvalue weighted by atomic mass is 9.82. The molecule has 0 atom stereocenters. The first kappa shape index (κ1) is 21.2. The largest absolute Gasteiger partial charge is 0.507 e. The molecule has 0 aliphatic rings. The third-order valence-corrected chi connectivity index (χ3v) is 4.47. The van der Waals surface area contributed by atoms with E-state index in [1.54, 1.807) is 62.4 Å². The Balaban J connectivity index is 2.31. The van der Waals surface area contributed by atoms with Crippen LogP contribution in [0.25, 0.3) is 11.1 Å². The second kappa shape index (κ2) is 8.26. The molecule has 0 saturated carbocycles. The number of benzene rings is 2. The number of para-hydroxylation sites is 1. The van der Waals surface area contributed by atoms with Crippen LogP contribution < -0.4 is 0 Å². The maximum absolute atomic E-state index is 11.8. The first-order chi connectivity index (χ1) is 12.5. The monoisotopic (exact) mass is 484 g/mol. The van der Waals surface area contributed by atoms with Crippen molar-refractivity contribution in [1.82, 2.24) is 0 Å². The fraction of sp³-hybridized carbons (Fsp3) is 0.300. The lowest BCUT2D eigenvalue weighted by molar-refractivity contribution is -0.171. The summed E-state index contributed by atoms with van der Waals surface area (Å²) >= 11 is 1.98. The van der Waals surface area contributed by atoms with Crippen LogP contribution in [-0.4, -0.2) is 37.5 Å². The normalized spacial score (nSPS) is 12.0. The van der Waals surface area contributed by atoms with Gasteiger partial charge in [0, 0.05) is 12.0 Å². The van der Waals surface area contributed by atoms with E-state index in [-0.39, 0.29) is 12.2 Å². The summed E-state index contributed by atoms with van der Waals surface area (Å²) in [5, 5.41) is 29.2. The van der Waals surface area contributed by atoms with Crippen molar-refractivity contribution < 1.29 is 29.6 Å². The van der Waals surface area contributed by atoms with Crippen molar-refractivity contribution >= 4 is 34.5 Å². The van der Waals surface area contributed by atoms with Gasteiger partial charge in [-0.3, -0.25) is 9.59 Å². The van der Waals surface area contributed by atoms with Gasteiger partial charge in [-0.05, 0) is 53.6 Å². The summed E-state index contributed by atoms with van der Waals surface area (Å²) in [7, 11) is 0. The molecule has 27 heavy (non-hydrogen) atoms. The first-order valence-electron chi connectivity index (χ1n) is 8.22. The van der Waals surface area contributed by atoms with Crippen molar-refractivity contribution in [2.75, 3.05) is 6.61 Å². The Morgan fingerprint density at radius 3 is 2.04 bits per heavy atom. The van der Waals surface area contributed by atoms with E-state index in [1.165, 1.54) is 0 Å². The van der Waals surface area contributed by atoms with Gasteiger partial charge in [-0.15, -0.1) is 0 Å². The molecule has 0 fully saturated rings. The van der Waals surface area contributed by atoms with Gasteiger partial charge in [-0.25, -0.2) is 0 Å². The highest BCUT2D eigenvalue weighted by atomic mass is 127. The molecule has 7 heteroatoms. The van der Waals surface area contributed by atoms with E-state index in [2.05, 4.69) is 0 Å². The number of phenolic OH excluding ortho intramolecular Hbond substituents is 1. The minimum Gasteiger partial charge on any atom is -0.507 e. The molecule has 0 spiro atoms. The number of aliphatic carboxylic acids is 2. The third kappa shape index (κ3) is 5.20. The average molecular weight is 484 g/mol. The summed E-state index contributed by atoms with van der Waals surface area (Å²) in [4.78, 5) is 23.6. The Morgan fingerprint density at radius 1 is 1.00 bits per heavy atom. The quantitative estimate of drug-likeness (QED) is 0.298. The summed E-state index contributed by atoms with van der Waals surface area (Å²) in [5.41, 5.74) is -0.146. The van der Waals surface area contributed by atoms with Gasteiger partial charge in [0.15, 0.2) is 5.41 Å². The Kier molecular flexibility index (Phi) is 6.48. The molecule has 3 N–H and O–H groups in total. The zero-order valence-electron chi connectivity index (χ0n) is 15.0. The minimum absolute atomic E-state index is 0.133. The summed E-state index contributed by atoms with van der Waals surface area (Å²) in [6, 6.07) is 13.6. The standard InChI is InChI=1S/C20H21IO6/c1-19(2,21)27-12-20(17(23)24,18(25)26)11-13-7-9-14(10-8-13)15-5-3-4-6-16(15)22/h3-10,22H,11-12H2,1-2H3,(H,23,24)(H,25,26). The van der Waals surface area contributed by atoms with Gasteiger partial charge >= 0.3 is 11.9 Å². The molecule has 0 unspecified atom stereocenters. The van der Waals surface area contributed by atoms with Crippen molar-refractivity contribution in [3.8, 4) is 16.9 Å². The molecule has 0 bridgehead atoms. The van der Waals surface area contributed by atoms with Gasteiger partial charge in [0.05, 0.1) is 6.61 Å². The predicted octanol–water partition coefficient (Wildman–Crippen LogP) is 3.95. The van der Waals surface area contributed by atoms with Crippen LogP contribution in [-0.2, 0) is 20.7 Å². The van der Waals surface area contributed by atoms with E-state index in [0.717, 1.165) is 5.56 Å². The van der Waals surface area contributed by atoms with E-state index in [9.17, 15) is 24.9 Å². The number of rotatable bonds is 8. The van der Waals surface area contributed by atoms with E-state index >= 15 is 0 Å². The van der Waals surface area contributed by atoms with Crippen LogP contribution in [0.2, 0.25) is 0 Å². The zero-order valence-corrected chi connectivity index (χ0v) is 17.1. The van der Waals surface area contributed by atoms with E-state index < -0.39 is 27.6 Å². The van der Waals surface area contributed by atoms with Crippen LogP contribution in [0.15, 0.2) is 48.5 Å². The van der Waals surface area contributed by atoms with E-state index in [1.807, 2.05) is 22.6 Å². The smallest absolute Gasteiger partial charge is 0.323 e. The number of carboxylic acids is 2. The van der Waals surface area contributed by atoms with Crippen LogP contribution in [0.3, 0.4) is 0 Å². The maximum Gasteiger partial charge on any atom is 0.323 e. The third-order valence-electron chi connectivity index (χ3n) is 4.16. The van der Waals surface area contributed by atoms with Crippen molar-refractivity contribution in [3.63, 3.8) is 0 Å². The lowest BCUT2D eigenvalue weighted by Gasteiger charge is -2.28. The van der Waals surface area contributed by atoms with Crippen LogP contribution in [0.1, 0.15) is 19.4 Å². The Bertz CT molecular complexity index is 809. The Morgan fingerprint density at radius 2 is 1.56 bits per heavy atom. The number of carboxylic acid groups (broad SMARTS) is 2. The van der Waals surface area contributed by atoms with Crippen molar-refractivity contribution in [2.24, 2.45) is 5.41 Å². The molecule has 0 saturated heterocycles. The van der Waals surface area contributed by atoms with Crippen LogP contribution >= 0.6 is 22.6 Å². The number of aromatic hydroxyl groups is 1. The fourth-order valence-corrected chi connectivity index (χ4v) is 2.74. The molecule has 144 valence electrons. The Hall–Kier alpha value is -2.13. The molecule has 0 amide bonds. The van der Waals surface area contributed by atoms with Gasteiger partial charge in [-0.2, -0.15) is 0 Å². The van der Waals surface area contributed by atoms with Crippen molar-refractivity contribution in [1.29, 1.82) is 0 Å². The summed E-state index contributed by atoms with van der Waals surface area (Å²) < 4.78 is 4.80. The van der Waals surface area contributed by atoms with Gasteiger partial charge < -0.3 is 20.1 Å². The molecular weight excluding hydrogens is 463 g/mol. The molecule has 2 aromatic rings. The second-order valence-corrected chi connectivity index (χ2v) is 9.33. The molecule has 0 heterocycles. The number of phenols is 1. The van der Waals surface area contributed by atoms with Gasteiger partial charge in [0.25, 0.3) is 0 Å². The van der Waals surface area contributed by atoms with Crippen LogP contribution in [0, 0.1) is 5.41 Å². The van der Waals surface area contributed by atoms with Crippen molar-refractivity contribution in [3.05, 3.63) is 54.1 Å². The first-order valence-corrected chi connectivity index (χ1v) is 9.30. The minimum atomic E-state index is -2.08. The highest BCUT2D eigenvalue weighted by Crippen LogP contribution is 2.32. The number of hydrogen-bond donors (Lipinski definition) is 3. The maximum atomic E-state index is 11.8. The summed E-state index contributed by atoms with van der Waals surface area (Å²) in [5.74, 6) is -2.76. The molecular formula is C20H21IO6. The Labute approximate surface area is 170 Å². The topological polar surface area (TPSA) is 104 Å². The summed E-state index contributed by atoms with van der Waals surface area (Å²) in [6.45, 7) is 3.00. The predicted molar refractivity (Wildman–Crippen MR) is 109 cm³/mol. The number of halogens is 1. The molecule has 2 rings (SSSR count). The average Bonchev–Trinajstić information content (AvgIpc) is 2.58. The highest BCUT2D eigenvalue weighted by molar-refractivity contribution is 14.1. The second-order valence-electron chi connectivity index (χ2n) is 6.74. The lowest BCUT2D eigenvalue weighted by Crippen LogP contribution is -2.46. The molecule has 6 nitrogen and oxygen atoms in total. The van der Waals surface area contributed by atoms with Crippen LogP contribution in [0.4, 0.5) is 0 Å². The number of ether oxygens (including phenoxy) is 1. The van der Waals surface area contributed by atoms with E-state index in [4.69, 9.17) is 4.74 Å². The number of hydrogen-bond acceptors (Lipinski definition) is 4. The zero-order chi connectivity index (χ0) is 20.2.